The van der Waals surface area contributed by atoms with Crippen molar-refractivity contribution in [2.75, 3.05) is 0 Å². The van der Waals surface area contributed by atoms with Gasteiger partial charge in [0, 0.05) is 6.07 Å². The van der Waals surface area contributed by atoms with Crippen molar-refractivity contribution in [1.82, 2.24) is 0 Å². The fourth-order valence-electron chi connectivity index (χ4n) is 2.76. The number of aromatic hydroxyl groups is 1. The van der Waals surface area contributed by atoms with Crippen LogP contribution in [0.4, 0.5) is 0 Å². The first-order valence-electron chi connectivity index (χ1n) is 6.78. The minimum atomic E-state index is -0.143. The lowest BCUT2D eigenvalue weighted by Gasteiger charge is -2.02. The quantitative estimate of drug-likeness (QED) is 0.811. The summed E-state index contributed by atoms with van der Waals surface area (Å²) in [7, 11) is 0. The molecule has 1 heterocycles. The highest BCUT2D eigenvalue weighted by atomic mass is 16.5. The Morgan fingerprint density at radius 2 is 1.95 bits per heavy atom. The van der Waals surface area contributed by atoms with Gasteiger partial charge < -0.3 is 9.84 Å². The summed E-state index contributed by atoms with van der Waals surface area (Å²) in [6.07, 6.45) is 4.75. The number of carbonyl (C=O) groups is 1. The Bertz CT molecular complexity index is 828. The van der Waals surface area contributed by atoms with Gasteiger partial charge in [0.25, 0.3) is 0 Å². The van der Waals surface area contributed by atoms with Gasteiger partial charge in [-0.3, -0.25) is 4.79 Å². The average molecular weight is 276 g/mol. The molecular weight excluding hydrogens is 264 g/mol. The first kappa shape index (κ1) is 12.0. The van der Waals surface area contributed by atoms with E-state index in [1.807, 2.05) is 18.2 Å². The van der Waals surface area contributed by atoms with Gasteiger partial charge >= 0.3 is 0 Å². The Morgan fingerprint density at radius 3 is 2.86 bits per heavy atom. The van der Waals surface area contributed by atoms with E-state index in [0.717, 1.165) is 17.6 Å². The monoisotopic (exact) mass is 276 g/mol. The van der Waals surface area contributed by atoms with Crippen LogP contribution in [0.1, 0.15) is 21.5 Å². The number of rotatable bonds is 1. The molecule has 0 spiro atoms. The number of benzene rings is 2. The molecule has 0 aromatic heterocycles. The van der Waals surface area contributed by atoms with Crippen LogP contribution < -0.4 is 4.74 Å². The first-order valence-corrected chi connectivity index (χ1v) is 6.78. The van der Waals surface area contributed by atoms with E-state index < -0.39 is 0 Å². The molecule has 2 aliphatic rings. The van der Waals surface area contributed by atoms with E-state index >= 15 is 0 Å². The fraction of sp³-hybridized carbons (Fsp3) is 0.0556. The number of fused-ring (bicyclic) bond motifs is 2. The summed E-state index contributed by atoms with van der Waals surface area (Å²) in [6.45, 7) is 0. The summed E-state index contributed by atoms with van der Waals surface area (Å²) in [5.74, 6) is 0.667. The Labute approximate surface area is 121 Å². The molecule has 0 saturated heterocycles. The number of ketones is 1. The number of carbonyl (C=O) groups excluding carboxylic acids is 1. The van der Waals surface area contributed by atoms with E-state index in [0.29, 0.717) is 17.1 Å². The molecule has 0 unspecified atom stereocenters. The summed E-state index contributed by atoms with van der Waals surface area (Å²) < 4.78 is 5.59. The van der Waals surface area contributed by atoms with Crippen LogP contribution in [0.5, 0.6) is 11.5 Å². The number of hydrogen-bond donors (Lipinski definition) is 1. The van der Waals surface area contributed by atoms with Crippen molar-refractivity contribution < 1.29 is 14.6 Å². The Morgan fingerprint density at radius 1 is 1.10 bits per heavy atom. The lowest BCUT2D eigenvalue weighted by molar-refractivity contribution is 0.101. The molecule has 2 aromatic carbocycles. The predicted molar refractivity (Wildman–Crippen MR) is 79.3 cm³/mol. The standard InChI is InChI=1S/C18H12O3/c19-13-7-8-15-16(10-13)21-17(18(15)20)9-12-6-5-11-3-1-2-4-14(11)12/h1-4,6-10,19H,5H2/b17-9-. The molecule has 102 valence electrons. The summed E-state index contributed by atoms with van der Waals surface area (Å²) in [6, 6.07) is 12.7. The van der Waals surface area contributed by atoms with Crippen molar-refractivity contribution >= 4 is 11.4 Å². The predicted octanol–water partition coefficient (Wildman–Crippen LogP) is 3.49. The van der Waals surface area contributed by atoms with Crippen LogP contribution in [0.2, 0.25) is 0 Å². The maximum atomic E-state index is 12.3. The largest absolute Gasteiger partial charge is 0.508 e. The average Bonchev–Trinajstić information content (AvgIpc) is 3.02. The molecule has 0 fully saturated rings. The van der Waals surface area contributed by atoms with Crippen LogP contribution in [0.3, 0.4) is 0 Å². The van der Waals surface area contributed by atoms with Crippen LogP contribution in [0.25, 0.3) is 5.57 Å². The van der Waals surface area contributed by atoms with Crippen molar-refractivity contribution in [3.8, 4) is 11.5 Å². The van der Waals surface area contributed by atoms with Gasteiger partial charge in [-0.1, -0.05) is 30.3 Å². The van der Waals surface area contributed by atoms with Gasteiger partial charge in [0.05, 0.1) is 5.56 Å². The molecule has 0 saturated carbocycles. The molecule has 4 rings (SSSR count). The van der Waals surface area contributed by atoms with Gasteiger partial charge in [0.2, 0.25) is 5.78 Å². The van der Waals surface area contributed by atoms with Gasteiger partial charge in [-0.05, 0) is 41.3 Å². The number of phenolic OH excluding ortho intramolecular Hbond substituents is 1. The summed E-state index contributed by atoms with van der Waals surface area (Å²) in [5.41, 5.74) is 3.89. The summed E-state index contributed by atoms with van der Waals surface area (Å²) in [4.78, 5) is 12.3. The smallest absolute Gasteiger partial charge is 0.231 e. The van der Waals surface area contributed by atoms with E-state index in [2.05, 4.69) is 12.1 Å². The molecule has 3 nitrogen and oxygen atoms in total. The van der Waals surface area contributed by atoms with Crippen LogP contribution in [-0.4, -0.2) is 10.9 Å². The maximum absolute atomic E-state index is 12.3. The molecule has 3 heteroatoms. The molecule has 2 aromatic rings. The molecule has 1 aliphatic carbocycles. The van der Waals surface area contributed by atoms with Crippen LogP contribution in [0, 0.1) is 0 Å². The molecule has 1 aliphatic heterocycles. The second-order valence-corrected chi connectivity index (χ2v) is 5.14. The Kier molecular flexibility index (Phi) is 2.48. The maximum Gasteiger partial charge on any atom is 0.231 e. The van der Waals surface area contributed by atoms with E-state index in [-0.39, 0.29) is 11.5 Å². The number of allylic oxidation sites excluding steroid dienone is 4. The highest BCUT2D eigenvalue weighted by Gasteiger charge is 2.28. The van der Waals surface area contributed by atoms with Crippen LogP contribution in [0.15, 0.2) is 60.4 Å². The van der Waals surface area contributed by atoms with E-state index in [9.17, 15) is 9.90 Å². The molecular formula is C18H12O3. The Hall–Kier alpha value is -2.81. The number of phenols is 1. The lowest BCUT2D eigenvalue weighted by atomic mass is 10.0. The highest BCUT2D eigenvalue weighted by Crippen LogP contribution is 2.36. The highest BCUT2D eigenvalue weighted by molar-refractivity contribution is 6.13. The molecule has 0 atom stereocenters. The normalized spacial score (nSPS) is 17.4. The second kappa shape index (κ2) is 4.35. The number of Topliss-reactive ketones (excluding diaryl/α,β-unsaturated/α-hetero) is 1. The van der Waals surface area contributed by atoms with Gasteiger partial charge in [-0.2, -0.15) is 0 Å². The Balaban J connectivity index is 1.72. The first-order chi connectivity index (χ1) is 10.2. The van der Waals surface area contributed by atoms with Crippen LogP contribution in [-0.2, 0) is 6.42 Å². The lowest BCUT2D eigenvalue weighted by Crippen LogP contribution is -1.98. The number of ether oxygens (including phenoxy) is 1. The van der Waals surface area contributed by atoms with Crippen molar-refractivity contribution in [2.45, 2.75) is 6.42 Å². The SMILES string of the molecule is O=C1/C(=C/C2=CCc3ccccc32)Oc2cc(O)ccc21. The van der Waals surface area contributed by atoms with Crippen molar-refractivity contribution in [3.05, 3.63) is 77.1 Å². The van der Waals surface area contributed by atoms with Gasteiger partial charge in [0.15, 0.2) is 5.76 Å². The van der Waals surface area contributed by atoms with Crippen molar-refractivity contribution in [1.29, 1.82) is 0 Å². The molecule has 1 N–H and O–H groups in total. The van der Waals surface area contributed by atoms with E-state index in [1.54, 1.807) is 12.1 Å². The van der Waals surface area contributed by atoms with Gasteiger partial charge in [0.1, 0.15) is 11.5 Å². The van der Waals surface area contributed by atoms with E-state index in [4.69, 9.17) is 4.74 Å². The summed E-state index contributed by atoms with van der Waals surface area (Å²) >= 11 is 0. The minimum absolute atomic E-state index is 0.0910. The van der Waals surface area contributed by atoms with Crippen molar-refractivity contribution in [2.24, 2.45) is 0 Å². The third-order valence-electron chi connectivity index (χ3n) is 3.81. The molecule has 0 bridgehead atoms. The van der Waals surface area contributed by atoms with Gasteiger partial charge in [-0.15, -0.1) is 0 Å². The molecule has 0 amide bonds. The zero-order chi connectivity index (χ0) is 14.4. The third kappa shape index (κ3) is 1.86. The molecule has 0 radical (unpaired) electrons. The number of hydrogen-bond acceptors (Lipinski definition) is 3. The topological polar surface area (TPSA) is 46.5 Å². The van der Waals surface area contributed by atoms with E-state index in [1.165, 1.54) is 17.7 Å². The third-order valence-corrected chi connectivity index (χ3v) is 3.81. The molecule has 21 heavy (non-hydrogen) atoms. The van der Waals surface area contributed by atoms with Crippen LogP contribution >= 0.6 is 0 Å². The zero-order valence-electron chi connectivity index (χ0n) is 11.2. The second-order valence-electron chi connectivity index (χ2n) is 5.14. The summed E-state index contributed by atoms with van der Waals surface area (Å²) in [5, 5.41) is 9.46. The minimum Gasteiger partial charge on any atom is -0.508 e. The zero-order valence-corrected chi connectivity index (χ0v) is 11.2. The van der Waals surface area contributed by atoms with Crippen molar-refractivity contribution in [3.63, 3.8) is 0 Å². The van der Waals surface area contributed by atoms with Gasteiger partial charge in [-0.25, -0.2) is 0 Å². The fourth-order valence-corrected chi connectivity index (χ4v) is 2.76.